The molecule has 0 fully saturated rings. The van der Waals surface area contributed by atoms with Crippen LogP contribution in [0.2, 0.25) is 0 Å². The first-order chi connectivity index (χ1) is 9.02. The van der Waals surface area contributed by atoms with Crippen molar-refractivity contribution in [3.05, 3.63) is 34.9 Å². The summed E-state index contributed by atoms with van der Waals surface area (Å²) in [6, 6.07) is 5.93. The predicted octanol–water partition coefficient (Wildman–Crippen LogP) is 2.22. The van der Waals surface area contributed by atoms with Gasteiger partial charge in [-0.3, -0.25) is 4.90 Å². The van der Waals surface area contributed by atoms with Gasteiger partial charge in [-0.15, -0.1) is 0 Å². The lowest BCUT2D eigenvalue weighted by Crippen LogP contribution is -2.40. The number of aryl methyl sites for hydroxylation is 1. The maximum Gasteiger partial charge on any atom is 0.339 e. The van der Waals surface area contributed by atoms with Gasteiger partial charge in [-0.2, -0.15) is 0 Å². The Morgan fingerprint density at radius 1 is 1.42 bits per heavy atom. The van der Waals surface area contributed by atoms with E-state index in [4.69, 9.17) is 9.47 Å². The first-order valence-corrected chi connectivity index (χ1v) is 6.35. The quantitative estimate of drug-likeness (QED) is 0.782. The molecule has 19 heavy (non-hydrogen) atoms. The fourth-order valence-electron chi connectivity index (χ4n) is 2.07. The van der Waals surface area contributed by atoms with Gasteiger partial charge in [0.15, 0.2) is 6.23 Å². The number of nitrogens with zero attached hydrogens (tertiary/aromatic N) is 1. The SMILES string of the molecule is CCOC(=O)C1=Cc2cc(C)ccc2OC1N(C)C. The zero-order valence-electron chi connectivity index (χ0n) is 11.8. The van der Waals surface area contributed by atoms with Gasteiger partial charge < -0.3 is 9.47 Å². The Labute approximate surface area is 113 Å². The summed E-state index contributed by atoms with van der Waals surface area (Å²) in [6.45, 7) is 4.16. The zero-order valence-corrected chi connectivity index (χ0v) is 11.8. The molecule has 1 aliphatic rings. The summed E-state index contributed by atoms with van der Waals surface area (Å²) in [5.41, 5.74) is 2.58. The van der Waals surface area contributed by atoms with Gasteiger partial charge in [0.1, 0.15) is 5.75 Å². The van der Waals surface area contributed by atoms with Crippen LogP contribution < -0.4 is 4.74 Å². The lowest BCUT2D eigenvalue weighted by molar-refractivity contribution is -0.140. The van der Waals surface area contributed by atoms with E-state index in [0.717, 1.165) is 16.9 Å². The summed E-state index contributed by atoms with van der Waals surface area (Å²) in [4.78, 5) is 13.9. The number of hydrogen-bond acceptors (Lipinski definition) is 4. The molecule has 0 saturated carbocycles. The number of esters is 1. The van der Waals surface area contributed by atoms with Gasteiger partial charge in [0.2, 0.25) is 0 Å². The molecule has 4 nitrogen and oxygen atoms in total. The molecule has 1 heterocycles. The van der Waals surface area contributed by atoms with Crippen LogP contribution in [-0.2, 0) is 9.53 Å². The maximum atomic E-state index is 12.0. The molecule has 0 saturated heterocycles. The molecule has 102 valence electrons. The van der Waals surface area contributed by atoms with Crippen molar-refractivity contribution in [3.8, 4) is 5.75 Å². The molecule has 2 rings (SSSR count). The molecule has 1 aromatic rings. The van der Waals surface area contributed by atoms with E-state index in [1.165, 1.54) is 0 Å². The lowest BCUT2D eigenvalue weighted by Gasteiger charge is -2.30. The Morgan fingerprint density at radius 2 is 2.16 bits per heavy atom. The average molecular weight is 261 g/mol. The number of carbonyl (C=O) groups is 1. The van der Waals surface area contributed by atoms with E-state index in [1.54, 1.807) is 6.92 Å². The number of rotatable bonds is 3. The Balaban J connectivity index is 2.43. The second-order valence-electron chi connectivity index (χ2n) is 4.80. The molecule has 0 bridgehead atoms. The summed E-state index contributed by atoms with van der Waals surface area (Å²) in [5, 5.41) is 0. The molecule has 1 aromatic carbocycles. The Hall–Kier alpha value is -1.81. The summed E-state index contributed by atoms with van der Waals surface area (Å²) >= 11 is 0. The summed E-state index contributed by atoms with van der Waals surface area (Å²) in [7, 11) is 3.74. The van der Waals surface area contributed by atoms with E-state index in [2.05, 4.69) is 0 Å². The highest BCUT2D eigenvalue weighted by molar-refractivity contribution is 5.96. The number of ether oxygens (including phenoxy) is 2. The topological polar surface area (TPSA) is 38.8 Å². The third-order valence-corrected chi connectivity index (χ3v) is 2.96. The van der Waals surface area contributed by atoms with Crippen LogP contribution >= 0.6 is 0 Å². The van der Waals surface area contributed by atoms with E-state index in [1.807, 2.05) is 50.2 Å². The van der Waals surface area contributed by atoms with Crippen molar-refractivity contribution in [2.75, 3.05) is 20.7 Å². The van der Waals surface area contributed by atoms with Crippen molar-refractivity contribution < 1.29 is 14.3 Å². The minimum Gasteiger partial charge on any atom is -0.470 e. The Bertz CT molecular complexity index is 520. The Kier molecular flexibility index (Phi) is 3.90. The van der Waals surface area contributed by atoms with Crippen LogP contribution in [0.4, 0.5) is 0 Å². The smallest absolute Gasteiger partial charge is 0.339 e. The largest absolute Gasteiger partial charge is 0.470 e. The standard InChI is InChI=1S/C15H19NO3/c1-5-18-15(17)12-9-11-8-10(2)6-7-13(11)19-14(12)16(3)4/h6-9,14H,5H2,1-4H3. The van der Waals surface area contributed by atoms with Gasteiger partial charge in [0, 0.05) is 5.56 Å². The molecule has 0 aromatic heterocycles. The second kappa shape index (κ2) is 5.45. The van der Waals surface area contributed by atoms with Gasteiger partial charge in [-0.25, -0.2) is 4.79 Å². The summed E-state index contributed by atoms with van der Waals surface area (Å²) < 4.78 is 11.0. The van der Waals surface area contributed by atoms with E-state index in [-0.39, 0.29) is 5.97 Å². The van der Waals surface area contributed by atoms with Gasteiger partial charge in [-0.05, 0) is 46.2 Å². The van der Waals surface area contributed by atoms with Gasteiger partial charge in [0.05, 0.1) is 12.2 Å². The summed E-state index contributed by atoms with van der Waals surface area (Å²) in [5.74, 6) is 0.464. The fourth-order valence-corrected chi connectivity index (χ4v) is 2.07. The molecule has 0 N–H and O–H groups in total. The van der Waals surface area contributed by atoms with E-state index in [0.29, 0.717) is 12.2 Å². The minimum absolute atomic E-state index is 0.326. The fraction of sp³-hybridized carbons (Fsp3) is 0.400. The molecule has 0 radical (unpaired) electrons. The van der Waals surface area contributed by atoms with Gasteiger partial charge >= 0.3 is 5.97 Å². The predicted molar refractivity (Wildman–Crippen MR) is 73.9 cm³/mol. The van der Waals surface area contributed by atoms with E-state index >= 15 is 0 Å². The monoisotopic (exact) mass is 261 g/mol. The number of hydrogen-bond donors (Lipinski definition) is 0. The molecular formula is C15H19NO3. The van der Waals surface area contributed by atoms with E-state index < -0.39 is 6.23 Å². The van der Waals surface area contributed by atoms with Crippen molar-refractivity contribution in [1.82, 2.24) is 4.90 Å². The van der Waals surface area contributed by atoms with Crippen molar-refractivity contribution in [2.45, 2.75) is 20.1 Å². The number of benzene rings is 1. The molecule has 0 amide bonds. The molecule has 4 heteroatoms. The number of carbonyl (C=O) groups excluding carboxylic acids is 1. The van der Waals surface area contributed by atoms with Crippen LogP contribution in [0.5, 0.6) is 5.75 Å². The number of fused-ring (bicyclic) bond motifs is 1. The average Bonchev–Trinajstić information content (AvgIpc) is 2.37. The highest BCUT2D eigenvalue weighted by atomic mass is 16.5. The number of likely N-dealkylation sites (N-methyl/N-ethyl adjacent to an activating group) is 1. The van der Waals surface area contributed by atoms with Crippen molar-refractivity contribution in [2.24, 2.45) is 0 Å². The van der Waals surface area contributed by atoms with E-state index in [9.17, 15) is 4.79 Å². The minimum atomic E-state index is -0.408. The van der Waals surface area contributed by atoms with Gasteiger partial charge in [-0.1, -0.05) is 11.6 Å². The van der Waals surface area contributed by atoms with Crippen LogP contribution in [0.3, 0.4) is 0 Å². The van der Waals surface area contributed by atoms with Crippen LogP contribution in [0.15, 0.2) is 23.8 Å². The highest BCUT2D eigenvalue weighted by Crippen LogP contribution is 2.31. The molecule has 0 spiro atoms. The van der Waals surface area contributed by atoms with Crippen LogP contribution in [0.25, 0.3) is 6.08 Å². The molecule has 0 aliphatic carbocycles. The highest BCUT2D eigenvalue weighted by Gasteiger charge is 2.30. The molecule has 1 unspecified atom stereocenters. The second-order valence-corrected chi connectivity index (χ2v) is 4.80. The van der Waals surface area contributed by atoms with Crippen LogP contribution in [-0.4, -0.2) is 37.8 Å². The third-order valence-electron chi connectivity index (χ3n) is 2.96. The summed E-state index contributed by atoms with van der Waals surface area (Å²) in [6.07, 6.45) is 1.45. The lowest BCUT2D eigenvalue weighted by atomic mass is 10.0. The zero-order chi connectivity index (χ0) is 14.0. The molecule has 1 atom stereocenters. The normalized spacial score (nSPS) is 17.5. The van der Waals surface area contributed by atoms with Crippen molar-refractivity contribution in [1.29, 1.82) is 0 Å². The Morgan fingerprint density at radius 3 is 2.79 bits per heavy atom. The van der Waals surface area contributed by atoms with Crippen LogP contribution in [0.1, 0.15) is 18.1 Å². The molecular weight excluding hydrogens is 242 g/mol. The van der Waals surface area contributed by atoms with Crippen LogP contribution in [0, 0.1) is 6.92 Å². The van der Waals surface area contributed by atoms with Crippen molar-refractivity contribution in [3.63, 3.8) is 0 Å². The van der Waals surface area contributed by atoms with Crippen molar-refractivity contribution >= 4 is 12.0 Å². The van der Waals surface area contributed by atoms with Gasteiger partial charge in [0.25, 0.3) is 0 Å². The maximum absolute atomic E-state index is 12.0. The first-order valence-electron chi connectivity index (χ1n) is 6.35. The molecule has 1 aliphatic heterocycles. The third kappa shape index (κ3) is 2.79. The first kappa shape index (κ1) is 13.6.